The molecule has 0 unspecified atom stereocenters. The third kappa shape index (κ3) is 4.12. The van der Waals surface area contributed by atoms with Crippen molar-refractivity contribution in [2.75, 3.05) is 20.7 Å². The van der Waals surface area contributed by atoms with Gasteiger partial charge in [0.15, 0.2) is 11.6 Å². The van der Waals surface area contributed by atoms with Crippen LogP contribution >= 0.6 is 0 Å². The number of hydrogen-bond acceptors (Lipinski definition) is 8. The molecule has 9 nitrogen and oxygen atoms in total. The zero-order chi connectivity index (χ0) is 20.1. The summed E-state index contributed by atoms with van der Waals surface area (Å²) in [5, 5.41) is 0. The van der Waals surface area contributed by atoms with Crippen LogP contribution in [-0.4, -0.2) is 85.7 Å². The average molecular weight is 387 g/mol. The van der Waals surface area contributed by atoms with Gasteiger partial charge in [0.25, 0.3) is 5.91 Å². The molecule has 3 rings (SSSR count). The summed E-state index contributed by atoms with van der Waals surface area (Å²) in [7, 11) is 3.18. The van der Waals surface area contributed by atoms with Gasteiger partial charge in [-0.05, 0) is 27.7 Å². The lowest BCUT2D eigenvalue weighted by molar-refractivity contribution is -0.219. The Morgan fingerprint density at radius 1 is 1.00 bits per heavy atom. The van der Waals surface area contributed by atoms with Crippen LogP contribution in [0.4, 0.5) is 0 Å². The first kappa shape index (κ1) is 20.5. The molecule has 0 aromatic carbocycles. The van der Waals surface area contributed by atoms with Gasteiger partial charge in [-0.2, -0.15) is 0 Å². The maximum atomic E-state index is 12.7. The quantitative estimate of drug-likeness (QED) is 0.642. The largest absolute Gasteiger partial charge is 0.449 e. The lowest BCUT2D eigenvalue weighted by atomic mass is 10.0. The number of carbonyl (C=O) groups excluding carboxylic acids is 2. The smallest absolute Gasteiger partial charge is 0.303 e. The third-order valence-electron chi connectivity index (χ3n) is 4.80. The molecule has 0 spiro atoms. The van der Waals surface area contributed by atoms with Crippen LogP contribution < -0.4 is 0 Å². The van der Waals surface area contributed by atoms with E-state index in [0.717, 1.165) is 0 Å². The molecule has 3 saturated heterocycles. The van der Waals surface area contributed by atoms with Crippen LogP contribution in [0.1, 0.15) is 34.6 Å². The van der Waals surface area contributed by atoms with Crippen molar-refractivity contribution in [2.24, 2.45) is 0 Å². The van der Waals surface area contributed by atoms with Gasteiger partial charge in [-0.3, -0.25) is 9.59 Å². The number of ether oxygens (including phenoxy) is 6. The molecule has 3 aliphatic rings. The van der Waals surface area contributed by atoms with Gasteiger partial charge in [-0.1, -0.05) is 0 Å². The van der Waals surface area contributed by atoms with Gasteiger partial charge in [-0.25, -0.2) is 0 Å². The normalized spacial score (nSPS) is 37.7. The minimum Gasteiger partial charge on any atom is -0.449 e. The van der Waals surface area contributed by atoms with Crippen LogP contribution in [0.2, 0.25) is 0 Å². The molecule has 1 amide bonds. The Hall–Kier alpha value is -1.26. The van der Waals surface area contributed by atoms with Crippen molar-refractivity contribution >= 4 is 11.9 Å². The number of carbonyl (C=O) groups is 2. The summed E-state index contributed by atoms with van der Waals surface area (Å²) >= 11 is 0. The van der Waals surface area contributed by atoms with Crippen molar-refractivity contribution < 1.29 is 38.0 Å². The highest BCUT2D eigenvalue weighted by molar-refractivity contribution is 5.83. The van der Waals surface area contributed by atoms with Gasteiger partial charge >= 0.3 is 5.97 Å². The standard InChI is InChI=1S/C18H29NO8/c1-9(20)23-15(16(21)19(6)7)12-14-13(26-18(4,5)27-14)11(24-12)10-8-22-17(2,3)25-10/h10-15H,8H2,1-7H3/t10-,11-,12-,13+,14-,15-/m1/s1. The molecule has 0 aromatic heterocycles. The van der Waals surface area contributed by atoms with Crippen molar-refractivity contribution in [3.05, 3.63) is 0 Å². The van der Waals surface area contributed by atoms with Crippen LogP contribution in [-0.2, 0) is 38.0 Å². The molecule has 9 heteroatoms. The first-order valence-corrected chi connectivity index (χ1v) is 9.11. The second kappa shape index (κ2) is 6.97. The Labute approximate surface area is 159 Å². The molecule has 0 N–H and O–H groups in total. The predicted molar refractivity (Wildman–Crippen MR) is 91.6 cm³/mol. The van der Waals surface area contributed by atoms with E-state index in [2.05, 4.69) is 0 Å². The van der Waals surface area contributed by atoms with Crippen molar-refractivity contribution in [1.82, 2.24) is 4.90 Å². The Balaban J connectivity index is 1.88. The van der Waals surface area contributed by atoms with Crippen LogP contribution in [0.15, 0.2) is 0 Å². The number of rotatable bonds is 4. The molecule has 0 saturated carbocycles. The minimum atomic E-state index is -1.14. The van der Waals surface area contributed by atoms with E-state index in [-0.39, 0.29) is 12.0 Å². The number of amides is 1. The second-order valence-corrected chi connectivity index (χ2v) is 8.26. The number of likely N-dealkylation sites (N-methyl/N-ethyl adjacent to an activating group) is 1. The first-order chi connectivity index (χ1) is 12.4. The molecule has 3 heterocycles. The van der Waals surface area contributed by atoms with E-state index in [1.165, 1.54) is 11.8 Å². The summed E-state index contributed by atoms with van der Waals surface area (Å²) in [6, 6.07) is 0. The summed E-state index contributed by atoms with van der Waals surface area (Å²) in [5.74, 6) is -2.54. The number of fused-ring (bicyclic) bond motifs is 1. The fraction of sp³-hybridized carbons (Fsp3) is 0.889. The molecular weight excluding hydrogens is 358 g/mol. The van der Waals surface area contributed by atoms with Crippen molar-refractivity contribution in [3.63, 3.8) is 0 Å². The number of nitrogens with zero attached hydrogens (tertiary/aromatic N) is 1. The molecule has 0 radical (unpaired) electrons. The molecule has 0 aliphatic carbocycles. The van der Waals surface area contributed by atoms with E-state index in [9.17, 15) is 9.59 Å². The van der Waals surface area contributed by atoms with Gasteiger partial charge in [-0.15, -0.1) is 0 Å². The lowest BCUT2D eigenvalue weighted by Crippen LogP contribution is -2.49. The summed E-state index contributed by atoms with van der Waals surface area (Å²) < 4.78 is 35.1. The van der Waals surface area contributed by atoms with E-state index in [4.69, 9.17) is 28.4 Å². The Bertz CT molecular complexity index is 604. The van der Waals surface area contributed by atoms with Gasteiger partial charge in [0.2, 0.25) is 6.10 Å². The second-order valence-electron chi connectivity index (χ2n) is 8.26. The SMILES string of the molecule is CC(=O)O[C@@H](C(=O)N(C)C)[C@@H]1O[C@H]([C@H]2COC(C)(C)O2)[C@@H]2OC(C)(C)O[C@@H]21. The van der Waals surface area contributed by atoms with Crippen LogP contribution in [0.3, 0.4) is 0 Å². The van der Waals surface area contributed by atoms with Gasteiger partial charge in [0, 0.05) is 21.0 Å². The Morgan fingerprint density at radius 3 is 2.15 bits per heavy atom. The molecule has 27 heavy (non-hydrogen) atoms. The monoisotopic (exact) mass is 387 g/mol. The molecule has 154 valence electrons. The Morgan fingerprint density at radius 2 is 1.63 bits per heavy atom. The maximum Gasteiger partial charge on any atom is 0.303 e. The van der Waals surface area contributed by atoms with Crippen molar-refractivity contribution in [3.8, 4) is 0 Å². The number of esters is 1. The number of hydrogen-bond donors (Lipinski definition) is 0. The first-order valence-electron chi connectivity index (χ1n) is 9.11. The molecule has 0 aromatic rings. The van der Waals surface area contributed by atoms with E-state index < -0.39 is 48.1 Å². The highest BCUT2D eigenvalue weighted by atomic mass is 16.8. The fourth-order valence-corrected chi connectivity index (χ4v) is 3.77. The zero-order valence-corrected chi connectivity index (χ0v) is 16.9. The average Bonchev–Trinajstić information content (AvgIpc) is 3.14. The molecular formula is C18H29NO8. The summed E-state index contributed by atoms with van der Waals surface area (Å²) in [5.41, 5.74) is 0. The van der Waals surface area contributed by atoms with E-state index in [1.54, 1.807) is 27.9 Å². The topological polar surface area (TPSA) is 92.8 Å². The molecule has 3 fully saturated rings. The third-order valence-corrected chi connectivity index (χ3v) is 4.80. The van der Waals surface area contributed by atoms with Crippen LogP contribution in [0.5, 0.6) is 0 Å². The Kier molecular flexibility index (Phi) is 5.28. The van der Waals surface area contributed by atoms with Crippen molar-refractivity contribution in [1.29, 1.82) is 0 Å². The van der Waals surface area contributed by atoms with E-state index >= 15 is 0 Å². The van der Waals surface area contributed by atoms with E-state index in [1.807, 2.05) is 13.8 Å². The van der Waals surface area contributed by atoms with Crippen molar-refractivity contribution in [2.45, 2.75) is 82.8 Å². The molecule has 3 aliphatic heterocycles. The van der Waals surface area contributed by atoms with Gasteiger partial charge < -0.3 is 33.3 Å². The van der Waals surface area contributed by atoms with Crippen LogP contribution in [0.25, 0.3) is 0 Å². The molecule has 0 bridgehead atoms. The van der Waals surface area contributed by atoms with Gasteiger partial charge in [0.1, 0.15) is 30.5 Å². The van der Waals surface area contributed by atoms with Crippen LogP contribution in [0, 0.1) is 0 Å². The maximum absolute atomic E-state index is 12.7. The summed E-state index contributed by atoms with van der Waals surface area (Å²) in [6.07, 6.45) is -3.90. The predicted octanol–water partition coefficient (Wildman–Crippen LogP) is 0.445. The van der Waals surface area contributed by atoms with E-state index in [0.29, 0.717) is 6.61 Å². The lowest BCUT2D eigenvalue weighted by Gasteiger charge is -2.30. The highest BCUT2D eigenvalue weighted by Gasteiger charge is 2.62. The molecule has 6 atom stereocenters. The summed E-state index contributed by atoms with van der Waals surface area (Å²) in [4.78, 5) is 25.6. The highest BCUT2D eigenvalue weighted by Crippen LogP contribution is 2.43. The zero-order valence-electron chi connectivity index (χ0n) is 16.9. The minimum absolute atomic E-state index is 0.331. The van der Waals surface area contributed by atoms with Gasteiger partial charge in [0.05, 0.1) is 6.61 Å². The summed E-state index contributed by atoms with van der Waals surface area (Å²) in [6.45, 7) is 8.83. The fourth-order valence-electron chi connectivity index (χ4n) is 3.77.